The molecule has 0 aliphatic rings. The van der Waals surface area contributed by atoms with Crippen LogP contribution in [0.5, 0.6) is 0 Å². The summed E-state index contributed by atoms with van der Waals surface area (Å²) in [6.07, 6.45) is -1.25. The molecular weight excluding hydrogens is 689 g/mol. The van der Waals surface area contributed by atoms with Gasteiger partial charge in [-0.1, -0.05) is 0 Å². The number of aliphatic hydroxyl groups is 5. The third-order valence-electron chi connectivity index (χ3n) is 3.26. The Morgan fingerprint density at radius 2 is 1.62 bits per heavy atom. The van der Waals surface area contributed by atoms with Crippen molar-refractivity contribution in [3.63, 3.8) is 0 Å². The Bertz CT molecular complexity index is 687. The number of rotatable bonds is 8. The number of halogens is 3. The van der Waals surface area contributed by atoms with Crippen LogP contribution < -0.4 is 10.2 Å². The van der Waals surface area contributed by atoms with E-state index >= 15 is 0 Å². The molecule has 1 aromatic rings. The van der Waals surface area contributed by atoms with Crippen molar-refractivity contribution in [2.45, 2.75) is 12.7 Å². The second kappa shape index (κ2) is 11.2. The molecule has 2 amide bonds. The maximum Gasteiger partial charge on any atom is 0.252 e. The van der Waals surface area contributed by atoms with Gasteiger partial charge in [0.1, 0.15) is 13.2 Å². The Labute approximate surface area is 190 Å². The third-order valence-corrected chi connectivity index (χ3v) is 6.66. The minimum atomic E-state index is -1.25. The predicted molar refractivity (Wildman–Crippen MR) is 119 cm³/mol. The number of benzene rings is 1. The van der Waals surface area contributed by atoms with Gasteiger partial charge >= 0.3 is 0 Å². The minimum absolute atomic E-state index is 0.274. The smallest absolute Gasteiger partial charge is 0.252 e. The lowest BCUT2D eigenvalue weighted by Gasteiger charge is -2.29. The van der Waals surface area contributed by atoms with E-state index in [1.54, 1.807) is 0 Å². The zero-order valence-corrected chi connectivity index (χ0v) is 19.7. The first-order chi connectivity index (χ1) is 12.2. The van der Waals surface area contributed by atoms with Gasteiger partial charge in [0.05, 0.1) is 40.8 Å². The van der Waals surface area contributed by atoms with E-state index in [1.165, 1.54) is 0 Å². The lowest BCUT2D eigenvalue weighted by Crippen LogP contribution is -2.41. The average molecular weight is 706 g/mol. The van der Waals surface area contributed by atoms with Crippen LogP contribution in [0.25, 0.3) is 0 Å². The summed E-state index contributed by atoms with van der Waals surface area (Å²) in [5.41, 5.74) is 0.999. The molecule has 6 N–H and O–H groups in total. The van der Waals surface area contributed by atoms with E-state index in [4.69, 9.17) is 10.2 Å². The van der Waals surface area contributed by atoms with Gasteiger partial charge in [-0.05, 0) is 67.8 Å². The van der Waals surface area contributed by atoms with Gasteiger partial charge in [-0.2, -0.15) is 0 Å². The maximum atomic E-state index is 12.2. The Balaban J connectivity index is 3.67. The quantitative estimate of drug-likeness (QED) is 0.202. The summed E-state index contributed by atoms with van der Waals surface area (Å²) in [5, 5.41) is 49.4. The van der Waals surface area contributed by atoms with Gasteiger partial charge in [0, 0.05) is 12.7 Å². The highest BCUT2D eigenvalue weighted by molar-refractivity contribution is 14.1. The zero-order valence-electron chi connectivity index (χ0n) is 13.2. The van der Waals surface area contributed by atoms with Crippen LogP contribution in [0, 0.1) is 10.7 Å². The molecule has 0 heterocycles. The fraction of sp³-hybridized carbons (Fsp3) is 0.429. The summed E-state index contributed by atoms with van der Waals surface area (Å²) in [5.74, 6) is -1.40. The van der Waals surface area contributed by atoms with E-state index in [1.807, 2.05) is 67.8 Å². The molecule has 9 nitrogen and oxygen atoms in total. The van der Waals surface area contributed by atoms with Gasteiger partial charge in [0.2, 0.25) is 5.91 Å². The molecule has 1 rings (SSSR count). The van der Waals surface area contributed by atoms with E-state index in [0.29, 0.717) is 22.0 Å². The van der Waals surface area contributed by atoms with Crippen molar-refractivity contribution in [1.29, 1.82) is 0 Å². The molecule has 26 heavy (non-hydrogen) atoms. The lowest BCUT2D eigenvalue weighted by molar-refractivity contribution is -0.121. The largest absolute Gasteiger partial charge is 0.394 e. The molecule has 0 saturated heterocycles. The van der Waals surface area contributed by atoms with E-state index in [2.05, 4.69) is 5.32 Å². The predicted octanol–water partition coefficient (Wildman–Crippen LogP) is -0.398. The molecule has 0 fully saturated rings. The molecule has 0 aliphatic heterocycles. The van der Waals surface area contributed by atoms with Gasteiger partial charge in [-0.25, -0.2) is 0 Å². The Kier molecular flexibility index (Phi) is 10.4. The van der Waals surface area contributed by atoms with Crippen molar-refractivity contribution >= 4 is 91.0 Å². The topological polar surface area (TPSA) is 151 Å². The van der Waals surface area contributed by atoms with Crippen molar-refractivity contribution in [2.75, 3.05) is 36.6 Å². The van der Waals surface area contributed by atoms with E-state index < -0.39 is 37.7 Å². The monoisotopic (exact) mass is 706 g/mol. The van der Waals surface area contributed by atoms with Gasteiger partial charge in [-0.3, -0.25) is 9.59 Å². The van der Waals surface area contributed by atoms with Crippen molar-refractivity contribution in [2.24, 2.45) is 0 Å². The van der Waals surface area contributed by atoms with E-state index in [9.17, 15) is 24.9 Å². The Morgan fingerprint density at radius 1 is 1.00 bits per heavy atom. The standard InChI is InChI=1S/C14H17I3N2O7/c15-10-7(3-21)11(16)14(12(17)13(10)18-8(25)4-22)19(9(26)5-23)1-6(24)2-20/h6,20-24H,1-5H2,(H,18,25). The van der Waals surface area contributed by atoms with Crippen molar-refractivity contribution < 1.29 is 35.1 Å². The summed E-state index contributed by atoms with van der Waals surface area (Å²) < 4.78 is 1.44. The third kappa shape index (κ3) is 5.58. The number of anilines is 2. The van der Waals surface area contributed by atoms with Crippen LogP contribution in [0.3, 0.4) is 0 Å². The SMILES string of the molecule is O=C(CO)Nc1c(I)c(CO)c(I)c(N(CC(O)CO)C(=O)CO)c1I. The average Bonchev–Trinajstić information content (AvgIpc) is 2.63. The first kappa shape index (κ1) is 24.2. The fourth-order valence-electron chi connectivity index (χ4n) is 2.04. The molecular formula is C14H17I3N2O7. The number of amides is 2. The van der Waals surface area contributed by atoms with Crippen molar-refractivity contribution in [3.8, 4) is 0 Å². The van der Waals surface area contributed by atoms with Crippen LogP contribution in [-0.4, -0.2) is 69.8 Å². The van der Waals surface area contributed by atoms with Crippen LogP contribution in [0.1, 0.15) is 5.56 Å². The molecule has 0 aliphatic carbocycles. The Hall–Kier alpha value is 0.150. The summed E-state index contributed by atoms with van der Waals surface area (Å²) >= 11 is 5.75. The highest BCUT2D eigenvalue weighted by atomic mass is 127. The highest BCUT2D eigenvalue weighted by Gasteiger charge is 2.28. The minimum Gasteiger partial charge on any atom is -0.394 e. The second-order valence-electron chi connectivity index (χ2n) is 5.01. The number of hydrogen-bond donors (Lipinski definition) is 6. The number of nitrogens with zero attached hydrogens (tertiary/aromatic N) is 1. The lowest BCUT2D eigenvalue weighted by atomic mass is 10.1. The molecule has 1 aromatic carbocycles. The molecule has 0 saturated carbocycles. The molecule has 0 bridgehead atoms. The first-order valence-electron chi connectivity index (χ1n) is 7.14. The molecule has 1 atom stereocenters. The molecule has 1 unspecified atom stereocenters. The number of carbonyl (C=O) groups excluding carboxylic acids is 2. The Morgan fingerprint density at radius 3 is 2.08 bits per heavy atom. The number of nitrogens with one attached hydrogen (secondary N) is 1. The molecule has 0 spiro atoms. The van der Waals surface area contributed by atoms with E-state index in [0.717, 1.165) is 4.90 Å². The highest BCUT2D eigenvalue weighted by Crippen LogP contribution is 2.41. The van der Waals surface area contributed by atoms with Crippen LogP contribution in [-0.2, 0) is 16.2 Å². The van der Waals surface area contributed by atoms with Gasteiger partial charge in [0.25, 0.3) is 5.91 Å². The van der Waals surface area contributed by atoms with Crippen LogP contribution in [0.4, 0.5) is 11.4 Å². The second-order valence-corrected chi connectivity index (χ2v) is 8.24. The summed E-state index contributed by atoms with van der Waals surface area (Å²) in [7, 11) is 0. The maximum absolute atomic E-state index is 12.2. The first-order valence-corrected chi connectivity index (χ1v) is 10.4. The molecule has 0 aromatic heterocycles. The van der Waals surface area contributed by atoms with Gasteiger partial charge in [-0.15, -0.1) is 0 Å². The number of aliphatic hydroxyl groups excluding tert-OH is 5. The summed E-state index contributed by atoms with van der Waals surface area (Å²) in [6, 6.07) is 0. The van der Waals surface area contributed by atoms with Crippen molar-refractivity contribution in [1.82, 2.24) is 0 Å². The van der Waals surface area contributed by atoms with Gasteiger partial charge in [0.15, 0.2) is 0 Å². The zero-order chi connectivity index (χ0) is 20.0. The van der Waals surface area contributed by atoms with Crippen LogP contribution >= 0.6 is 67.8 Å². The van der Waals surface area contributed by atoms with Crippen LogP contribution in [0.15, 0.2) is 0 Å². The van der Waals surface area contributed by atoms with E-state index in [-0.39, 0.29) is 18.8 Å². The molecule has 0 radical (unpaired) electrons. The summed E-state index contributed by atoms with van der Waals surface area (Å²) in [4.78, 5) is 25.0. The number of carbonyl (C=O) groups is 2. The fourth-order valence-corrected chi connectivity index (χ4v) is 6.40. The van der Waals surface area contributed by atoms with Crippen LogP contribution in [0.2, 0.25) is 0 Å². The van der Waals surface area contributed by atoms with Gasteiger partial charge < -0.3 is 35.7 Å². The molecule has 146 valence electrons. The molecule has 12 heteroatoms. The van der Waals surface area contributed by atoms with Crippen molar-refractivity contribution in [3.05, 3.63) is 16.3 Å². The normalized spacial score (nSPS) is 12.0. The summed E-state index contributed by atoms with van der Waals surface area (Å²) in [6.45, 7) is -2.84. The number of hydrogen-bond acceptors (Lipinski definition) is 7.